The van der Waals surface area contributed by atoms with Gasteiger partial charge in [-0.2, -0.15) is 0 Å². The third-order valence-electron chi connectivity index (χ3n) is 2.36. The normalized spacial score (nSPS) is 16.8. The second-order valence-electron chi connectivity index (χ2n) is 3.46. The minimum atomic E-state index is -1.02. The molecule has 0 atom stereocenters. The topological polar surface area (TPSA) is 62.9 Å². The van der Waals surface area contributed by atoms with Crippen molar-refractivity contribution >= 4 is 18.4 Å². The van der Waals surface area contributed by atoms with Crippen molar-refractivity contribution in [2.45, 2.75) is 6.54 Å². The van der Waals surface area contributed by atoms with Gasteiger partial charge in [0.15, 0.2) is 0 Å². The predicted octanol–water partition coefficient (Wildman–Crippen LogP) is 1.23. The van der Waals surface area contributed by atoms with E-state index in [9.17, 15) is 4.79 Å². The molecule has 1 N–H and O–H groups in total. The predicted molar refractivity (Wildman–Crippen MR) is 59.0 cm³/mol. The van der Waals surface area contributed by atoms with E-state index in [0.29, 0.717) is 12.3 Å². The Morgan fingerprint density at radius 2 is 2.06 bits per heavy atom. The molecule has 1 aliphatic rings. The first kappa shape index (κ1) is 13.0. The first-order valence-electron chi connectivity index (χ1n) is 4.88. The SMILES string of the molecule is Cl.O=C(O)c1ccc(CN2CCOCC2)o1. The van der Waals surface area contributed by atoms with Crippen LogP contribution in [0.5, 0.6) is 0 Å². The van der Waals surface area contributed by atoms with Gasteiger partial charge in [0.2, 0.25) is 5.76 Å². The summed E-state index contributed by atoms with van der Waals surface area (Å²) in [5, 5.41) is 8.68. The van der Waals surface area contributed by atoms with Crippen molar-refractivity contribution in [3.8, 4) is 0 Å². The summed E-state index contributed by atoms with van der Waals surface area (Å²) in [4.78, 5) is 12.8. The summed E-state index contributed by atoms with van der Waals surface area (Å²) in [5.41, 5.74) is 0. The van der Waals surface area contributed by atoms with Crippen molar-refractivity contribution in [3.05, 3.63) is 23.7 Å². The van der Waals surface area contributed by atoms with Crippen LogP contribution in [0.3, 0.4) is 0 Å². The summed E-state index contributed by atoms with van der Waals surface area (Å²) < 4.78 is 10.4. The maximum atomic E-state index is 10.6. The van der Waals surface area contributed by atoms with Gasteiger partial charge < -0.3 is 14.3 Å². The lowest BCUT2D eigenvalue weighted by molar-refractivity contribution is 0.0309. The maximum absolute atomic E-state index is 10.6. The zero-order chi connectivity index (χ0) is 10.7. The summed E-state index contributed by atoms with van der Waals surface area (Å²) in [7, 11) is 0. The molecule has 0 radical (unpaired) electrons. The van der Waals surface area contributed by atoms with Crippen molar-refractivity contribution in [1.29, 1.82) is 0 Å². The third-order valence-corrected chi connectivity index (χ3v) is 2.36. The number of hydrogen-bond donors (Lipinski definition) is 1. The fourth-order valence-electron chi connectivity index (χ4n) is 1.56. The number of morpholine rings is 1. The fourth-order valence-corrected chi connectivity index (χ4v) is 1.56. The van der Waals surface area contributed by atoms with Crippen LogP contribution in [0.4, 0.5) is 0 Å². The average molecular weight is 248 g/mol. The number of hydrogen-bond acceptors (Lipinski definition) is 4. The smallest absolute Gasteiger partial charge is 0.371 e. The second-order valence-corrected chi connectivity index (χ2v) is 3.46. The lowest BCUT2D eigenvalue weighted by Gasteiger charge is -2.25. The first-order valence-corrected chi connectivity index (χ1v) is 4.88. The highest BCUT2D eigenvalue weighted by atomic mass is 35.5. The molecular formula is C10H14ClNO4. The molecule has 1 aliphatic heterocycles. The van der Waals surface area contributed by atoms with Crippen molar-refractivity contribution in [2.75, 3.05) is 26.3 Å². The van der Waals surface area contributed by atoms with Crippen LogP contribution >= 0.6 is 12.4 Å². The number of rotatable bonds is 3. The van der Waals surface area contributed by atoms with Gasteiger partial charge >= 0.3 is 5.97 Å². The standard InChI is InChI=1S/C10H13NO4.ClH/c12-10(13)9-2-1-8(15-9)7-11-3-5-14-6-4-11;/h1-2H,3-7H2,(H,12,13);1H. The summed E-state index contributed by atoms with van der Waals surface area (Å²) in [6.45, 7) is 3.84. The Kier molecular flexibility index (Phi) is 4.79. The van der Waals surface area contributed by atoms with Crippen molar-refractivity contribution in [2.24, 2.45) is 0 Å². The lowest BCUT2D eigenvalue weighted by Crippen LogP contribution is -2.35. The molecule has 1 saturated heterocycles. The van der Waals surface area contributed by atoms with Crippen LogP contribution in [-0.2, 0) is 11.3 Å². The molecule has 0 spiro atoms. The van der Waals surface area contributed by atoms with Gasteiger partial charge in [0.1, 0.15) is 5.76 Å². The molecule has 0 aromatic carbocycles. The summed E-state index contributed by atoms with van der Waals surface area (Å²) in [6.07, 6.45) is 0. The largest absolute Gasteiger partial charge is 0.475 e. The molecule has 2 heterocycles. The van der Waals surface area contributed by atoms with Crippen LogP contribution in [0.1, 0.15) is 16.3 Å². The van der Waals surface area contributed by atoms with Crippen LogP contribution in [0.25, 0.3) is 0 Å². The summed E-state index contributed by atoms with van der Waals surface area (Å²) in [6, 6.07) is 3.19. The number of halogens is 1. The van der Waals surface area contributed by atoms with Crippen LogP contribution in [-0.4, -0.2) is 42.3 Å². The van der Waals surface area contributed by atoms with Gasteiger partial charge in [0, 0.05) is 13.1 Å². The molecule has 0 saturated carbocycles. The molecule has 0 unspecified atom stereocenters. The molecule has 1 aromatic rings. The first-order chi connectivity index (χ1) is 7.25. The Labute approximate surface area is 99.4 Å². The van der Waals surface area contributed by atoms with E-state index < -0.39 is 5.97 Å². The molecular weight excluding hydrogens is 234 g/mol. The maximum Gasteiger partial charge on any atom is 0.371 e. The second kappa shape index (κ2) is 5.89. The Morgan fingerprint density at radius 1 is 1.38 bits per heavy atom. The molecule has 1 aromatic heterocycles. The molecule has 0 bridgehead atoms. The average Bonchev–Trinajstić information content (AvgIpc) is 2.68. The van der Waals surface area contributed by atoms with Crippen molar-refractivity contribution < 1.29 is 19.1 Å². The quantitative estimate of drug-likeness (QED) is 0.871. The molecule has 2 rings (SSSR count). The Balaban J connectivity index is 0.00000128. The third kappa shape index (κ3) is 3.23. The summed E-state index contributed by atoms with van der Waals surface area (Å²) in [5.74, 6) is -0.337. The number of furan rings is 1. The van der Waals surface area contributed by atoms with Crippen LogP contribution in [0.15, 0.2) is 16.5 Å². The van der Waals surface area contributed by atoms with Crippen LogP contribution in [0.2, 0.25) is 0 Å². The number of carbonyl (C=O) groups is 1. The van der Waals surface area contributed by atoms with Gasteiger partial charge in [0.25, 0.3) is 0 Å². The monoisotopic (exact) mass is 247 g/mol. The fraction of sp³-hybridized carbons (Fsp3) is 0.500. The van der Waals surface area contributed by atoms with Gasteiger partial charge in [-0.15, -0.1) is 12.4 Å². The Morgan fingerprint density at radius 3 is 2.62 bits per heavy atom. The van der Waals surface area contributed by atoms with Crippen LogP contribution in [0, 0.1) is 0 Å². The van der Waals surface area contributed by atoms with E-state index in [1.807, 2.05) is 0 Å². The van der Waals surface area contributed by atoms with Crippen molar-refractivity contribution in [3.63, 3.8) is 0 Å². The van der Waals surface area contributed by atoms with E-state index in [2.05, 4.69) is 4.90 Å². The minimum absolute atomic E-state index is 0. The minimum Gasteiger partial charge on any atom is -0.475 e. The lowest BCUT2D eigenvalue weighted by atomic mass is 10.3. The van der Waals surface area contributed by atoms with Gasteiger partial charge in [-0.1, -0.05) is 0 Å². The number of ether oxygens (including phenoxy) is 1. The van der Waals surface area contributed by atoms with Crippen molar-refractivity contribution in [1.82, 2.24) is 4.90 Å². The molecule has 0 amide bonds. The Bertz CT molecular complexity index is 346. The van der Waals surface area contributed by atoms with Gasteiger partial charge in [-0.25, -0.2) is 4.79 Å². The zero-order valence-corrected chi connectivity index (χ0v) is 9.53. The highest BCUT2D eigenvalue weighted by molar-refractivity contribution is 5.85. The molecule has 16 heavy (non-hydrogen) atoms. The van der Waals surface area contributed by atoms with E-state index in [0.717, 1.165) is 26.3 Å². The van der Waals surface area contributed by atoms with Gasteiger partial charge in [-0.3, -0.25) is 4.90 Å². The highest BCUT2D eigenvalue weighted by Gasteiger charge is 2.14. The summed E-state index contributed by atoms with van der Waals surface area (Å²) >= 11 is 0. The van der Waals surface area contributed by atoms with E-state index in [4.69, 9.17) is 14.3 Å². The number of aromatic carboxylic acids is 1. The molecule has 0 aliphatic carbocycles. The zero-order valence-electron chi connectivity index (χ0n) is 8.72. The molecule has 5 nitrogen and oxygen atoms in total. The number of nitrogens with zero attached hydrogens (tertiary/aromatic N) is 1. The number of carboxylic acid groups (broad SMARTS) is 1. The molecule has 90 valence electrons. The van der Waals surface area contributed by atoms with Crippen LogP contribution < -0.4 is 0 Å². The molecule has 1 fully saturated rings. The highest BCUT2D eigenvalue weighted by Crippen LogP contribution is 2.11. The van der Waals surface area contributed by atoms with E-state index >= 15 is 0 Å². The van der Waals surface area contributed by atoms with E-state index in [1.165, 1.54) is 6.07 Å². The van der Waals surface area contributed by atoms with E-state index in [-0.39, 0.29) is 18.2 Å². The number of carboxylic acids is 1. The van der Waals surface area contributed by atoms with Gasteiger partial charge in [-0.05, 0) is 12.1 Å². The molecule has 6 heteroatoms. The van der Waals surface area contributed by atoms with Gasteiger partial charge in [0.05, 0.1) is 19.8 Å². The van der Waals surface area contributed by atoms with E-state index in [1.54, 1.807) is 6.07 Å². The Hall–Kier alpha value is -1.04.